The third kappa shape index (κ3) is 21.1. The first-order chi connectivity index (χ1) is 71.4. The minimum absolute atomic E-state index is 0.00115. The van der Waals surface area contributed by atoms with Gasteiger partial charge >= 0.3 is 53.5 Å². The van der Waals surface area contributed by atoms with Crippen molar-refractivity contribution >= 4 is 118 Å². The smallest absolute Gasteiger partial charge is 0.411 e. The average molecular weight is 2080 g/mol. The van der Waals surface area contributed by atoms with Crippen LogP contribution in [0.5, 0.6) is 0 Å². The molecular formula is C102H90F12N18O18. The number of alkyl halides is 9. The molecule has 3 aliphatic rings. The highest BCUT2D eigenvalue weighted by molar-refractivity contribution is 6.02. The number of halogens is 12. The van der Waals surface area contributed by atoms with Crippen molar-refractivity contribution in [2.45, 2.75) is 102 Å². The first-order valence-electron chi connectivity index (χ1n) is 46.2. The summed E-state index contributed by atoms with van der Waals surface area (Å²) in [6, 6.07) is 19.4. The summed E-state index contributed by atoms with van der Waals surface area (Å²) in [5.74, 6) is -9.46. The number of fused-ring (bicyclic) bond motifs is 6. The second-order valence-electron chi connectivity index (χ2n) is 35.2. The number of carbonyl (C=O) groups is 6. The number of aromatic nitrogens is 12. The molecule has 3 fully saturated rings. The molecule has 6 atom stereocenters. The van der Waals surface area contributed by atoms with Gasteiger partial charge in [-0.3, -0.25) is 72.4 Å². The van der Waals surface area contributed by atoms with E-state index in [0.29, 0.717) is 49.4 Å². The first kappa shape index (κ1) is 106. The van der Waals surface area contributed by atoms with Gasteiger partial charge in [0.2, 0.25) is 0 Å². The summed E-state index contributed by atoms with van der Waals surface area (Å²) < 4.78 is 201. The lowest BCUT2D eigenvalue weighted by molar-refractivity contribution is -0.167. The fraction of sp³-hybridized carbons (Fsp3) is 0.294. The van der Waals surface area contributed by atoms with Gasteiger partial charge in [0.25, 0.3) is 34.4 Å². The summed E-state index contributed by atoms with van der Waals surface area (Å²) >= 11 is 0. The number of methoxy groups -OCH3 is 1. The number of aliphatic carboxylic acids is 1. The topological polar surface area (TPSA) is 424 Å². The summed E-state index contributed by atoms with van der Waals surface area (Å²) in [4.78, 5) is 188. The van der Waals surface area contributed by atoms with Gasteiger partial charge in [-0.05, 0) is 152 Å². The molecule has 4 N–H and O–H groups in total. The lowest BCUT2D eigenvalue weighted by atomic mass is 9.99. The van der Waals surface area contributed by atoms with E-state index < -0.39 is 178 Å². The minimum atomic E-state index is -4.65. The zero-order valence-electron chi connectivity index (χ0n) is 80.6. The fourth-order valence-corrected chi connectivity index (χ4v) is 18.7. The zero-order chi connectivity index (χ0) is 108. The summed E-state index contributed by atoms with van der Waals surface area (Å²) in [5, 5.41) is 19.5. The molecule has 150 heavy (non-hydrogen) atoms. The van der Waals surface area contributed by atoms with Crippen LogP contribution in [0, 0.1) is 38.2 Å². The van der Waals surface area contributed by atoms with Crippen molar-refractivity contribution in [3.05, 3.63) is 313 Å². The Hall–Kier alpha value is -16.9. The van der Waals surface area contributed by atoms with E-state index in [1.54, 1.807) is 55.5 Å². The standard InChI is InChI=1S/C35H32F4N6O6.C34H30F4N6O6.C33H28F4N6O6/c1-4-51-33(48)25(42-31(46)29-19(2)14-21(16-24(29)36)44-12-13-50-18-28(44)35(37,38)39)15-20-7-8-26(30-22(20)6-5-10-41-30)45-32(47)23-9-11-40-17-27(23)43(3)34(45)49;1-18-13-20(43-11-12-50-17-27(43)34(36,37)38)15-23(35)28(18)30(45)41-24(32(47)49-3)14-19-6-7-25(29-21(19)5-4-9-40-29)44-31(46)22-8-10-39-16-26(22)42(2)33(44)48;1-17-12-19(42-10-11-49-16-26(42)33(35,36)37)14-22(34)27(17)29(44)40-23(31(46)47)13-18-5-6-24(28-20(18)4-3-8-39-28)43-30(45)21-7-9-38-15-25(21)41(2)32(43)48/h5-11,14,16-17,25,28H,4,12-13,15,18H2,1-3H3,(H,42,46);4-10,13,15-16,24,27H,11-12,14,17H2,1-3H3,(H,41,45);3-9,12,14-15,23,26H,10-11,13,16H2,1-2H3,(H,40,44)(H,46,47). The summed E-state index contributed by atoms with van der Waals surface area (Å²) in [6.07, 6.45) is -1.63. The van der Waals surface area contributed by atoms with Gasteiger partial charge in [-0.1, -0.05) is 36.4 Å². The molecule has 36 nitrogen and oxygen atoms in total. The van der Waals surface area contributed by atoms with Crippen LogP contribution in [0.3, 0.4) is 0 Å². The number of aryl methyl sites for hydroxylation is 6. The van der Waals surface area contributed by atoms with Crippen LogP contribution in [0.15, 0.2) is 212 Å². The van der Waals surface area contributed by atoms with E-state index in [4.69, 9.17) is 23.7 Å². The van der Waals surface area contributed by atoms with Gasteiger partial charge in [0, 0.05) is 130 Å². The molecule has 0 aliphatic carbocycles. The third-order valence-corrected chi connectivity index (χ3v) is 26.0. The van der Waals surface area contributed by atoms with E-state index in [1.807, 2.05) is 0 Å². The number of nitrogens with zero attached hydrogens (tertiary/aromatic N) is 15. The van der Waals surface area contributed by atoms with E-state index in [2.05, 4.69) is 45.9 Å². The molecule has 0 saturated carbocycles. The van der Waals surface area contributed by atoms with Gasteiger partial charge in [0.05, 0.1) is 155 Å². The molecule has 3 saturated heterocycles. The van der Waals surface area contributed by atoms with Gasteiger partial charge in [-0.2, -0.15) is 39.5 Å². The molecule has 6 unspecified atom stereocenters. The maximum Gasteiger partial charge on any atom is 0.411 e. The number of morpholine rings is 3. The number of carbonyl (C=O) groups excluding carboxylic acids is 5. The van der Waals surface area contributed by atoms with Gasteiger partial charge in [0.15, 0.2) is 0 Å². The van der Waals surface area contributed by atoms with Crippen LogP contribution in [-0.4, -0.2) is 226 Å². The van der Waals surface area contributed by atoms with Gasteiger partial charge in [0.1, 0.15) is 53.7 Å². The molecule has 6 aromatic carbocycles. The number of carboxylic acid groups (broad SMARTS) is 1. The molecule has 3 amide bonds. The summed E-state index contributed by atoms with van der Waals surface area (Å²) in [5.41, 5.74) is -1.69. The fourth-order valence-electron chi connectivity index (χ4n) is 18.7. The summed E-state index contributed by atoms with van der Waals surface area (Å²) in [7, 11) is 5.63. The molecule has 0 radical (unpaired) electrons. The Morgan fingerprint density at radius 1 is 0.413 bits per heavy atom. The lowest BCUT2D eigenvalue weighted by Crippen LogP contribution is -2.53. The number of ether oxygens (including phenoxy) is 5. The Morgan fingerprint density at radius 2 is 0.707 bits per heavy atom. The Balaban J connectivity index is 0.000000160. The number of pyridine rings is 6. The van der Waals surface area contributed by atoms with Crippen LogP contribution in [0.25, 0.3) is 82.5 Å². The molecule has 15 aromatic rings. The molecular weight excluding hydrogens is 1990 g/mol. The minimum Gasteiger partial charge on any atom is -0.480 e. The number of esters is 2. The average Bonchev–Trinajstić information content (AvgIpc) is 0.748. The van der Waals surface area contributed by atoms with E-state index in [-0.39, 0.29) is 149 Å². The van der Waals surface area contributed by atoms with Crippen LogP contribution in [0.4, 0.5) is 69.7 Å². The van der Waals surface area contributed by atoms with E-state index >= 15 is 13.2 Å². The van der Waals surface area contributed by atoms with E-state index in [0.717, 1.165) is 53.7 Å². The quantitative estimate of drug-likeness (QED) is 0.0362. The second kappa shape index (κ2) is 43.2. The summed E-state index contributed by atoms with van der Waals surface area (Å²) in [6.45, 7) is 3.37. The third-order valence-electron chi connectivity index (χ3n) is 26.0. The van der Waals surface area contributed by atoms with Crippen molar-refractivity contribution in [2.24, 2.45) is 21.1 Å². The van der Waals surface area contributed by atoms with Gasteiger partial charge < -0.3 is 59.4 Å². The number of benzene rings is 6. The zero-order valence-corrected chi connectivity index (χ0v) is 80.6. The van der Waals surface area contributed by atoms with Crippen molar-refractivity contribution in [1.82, 2.24) is 73.3 Å². The number of hydrogen-bond donors (Lipinski definition) is 4. The van der Waals surface area contributed by atoms with Crippen LogP contribution in [0.2, 0.25) is 0 Å². The van der Waals surface area contributed by atoms with Crippen molar-refractivity contribution < 1.29 is 110 Å². The number of amides is 3. The Labute approximate surface area is 838 Å². The lowest BCUT2D eigenvalue weighted by Gasteiger charge is -2.38. The van der Waals surface area contributed by atoms with Crippen molar-refractivity contribution in [1.29, 1.82) is 0 Å². The molecule has 3 aliphatic heterocycles. The number of nitrogens with one attached hydrogen (secondary N) is 3. The Morgan fingerprint density at radius 3 is 0.987 bits per heavy atom. The van der Waals surface area contributed by atoms with Crippen LogP contribution in [-0.2, 0) is 78.5 Å². The van der Waals surface area contributed by atoms with Crippen molar-refractivity contribution in [2.75, 3.05) is 87.7 Å². The predicted molar refractivity (Wildman–Crippen MR) is 522 cm³/mol. The van der Waals surface area contributed by atoms with Crippen LogP contribution >= 0.6 is 0 Å². The molecule has 0 bridgehead atoms. The highest BCUT2D eigenvalue weighted by Gasteiger charge is 2.49. The molecule has 780 valence electrons. The molecule has 9 aromatic heterocycles. The Kier molecular flexibility index (Phi) is 30.5. The first-order valence-corrected chi connectivity index (χ1v) is 46.2. The normalized spacial score (nSPS) is 15.7. The number of anilines is 3. The maximum absolute atomic E-state index is 15.6. The molecule has 48 heteroatoms. The van der Waals surface area contributed by atoms with E-state index in [1.165, 1.54) is 172 Å². The molecule has 0 spiro atoms. The number of rotatable bonds is 22. The van der Waals surface area contributed by atoms with Gasteiger partial charge in [-0.15, -0.1) is 0 Å². The SMILES string of the molecule is CCOC(=O)C(Cc1ccc(-n2c(=O)c3ccncc3n(C)c2=O)c2ncccc12)NC(=O)c1c(C)cc(N2CCOCC2C(F)(F)F)cc1F.COC(=O)C(Cc1ccc(-n2c(=O)c3ccncc3n(C)c2=O)c2ncccc12)NC(=O)c1c(C)cc(N2CCOCC2C(F)(F)F)cc1F.Cc1cc(N2CCOCC2C(F)(F)F)cc(F)c1C(=O)NC(Cc1ccc(-n2c(=O)c3ccncc3n(C)c2=O)c2ncccc12)C(=O)O. The van der Waals surface area contributed by atoms with Crippen LogP contribution < -0.4 is 64.4 Å². The predicted octanol–water partition coefficient (Wildman–Crippen LogP) is 10.4. The van der Waals surface area contributed by atoms with Crippen molar-refractivity contribution in [3.8, 4) is 17.1 Å². The highest BCUT2D eigenvalue weighted by Crippen LogP contribution is 2.39. The monoisotopic (exact) mass is 2080 g/mol. The highest BCUT2D eigenvalue weighted by atomic mass is 19.4. The van der Waals surface area contributed by atoms with Crippen molar-refractivity contribution in [3.63, 3.8) is 0 Å². The molecule has 12 heterocycles. The number of hydrogen-bond acceptors (Lipinski definition) is 26. The van der Waals surface area contributed by atoms with Gasteiger partial charge in [-0.25, -0.2) is 55.6 Å². The largest absolute Gasteiger partial charge is 0.480 e. The number of carboxylic acids is 1. The maximum atomic E-state index is 15.6. The Bertz CT molecular complexity index is 8250. The van der Waals surface area contributed by atoms with E-state index in [9.17, 15) is 102 Å². The molecule has 18 rings (SSSR count). The van der Waals surface area contributed by atoms with Crippen LogP contribution in [0.1, 0.15) is 71.4 Å². The second-order valence-corrected chi connectivity index (χ2v) is 35.2.